The molecule has 1 nitrogen and oxygen atoms in total. The van der Waals surface area contributed by atoms with Crippen LogP contribution in [0.1, 0.15) is 18.4 Å². The van der Waals surface area contributed by atoms with Crippen molar-refractivity contribution < 1.29 is 0 Å². The molecule has 3 heteroatoms. The second-order valence-corrected chi connectivity index (χ2v) is 5.60. The van der Waals surface area contributed by atoms with Crippen molar-refractivity contribution in [1.82, 2.24) is 4.90 Å². The molecular formula is C9H12BrNS. The number of hydrogen-bond donors (Lipinski definition) is 0. The highest BCUT2D eigenvalue weighted by molar-refractivity contribution is 9.11. The molecule has 0 N–H and O–H groups in total. The van der Waals surface area contributed by atoms with E-state index in [-0.39, 0.29) is 0 Å². The van der Waals surface area contributed by atoms with Crippen molar-refractivity contribution in [2.45, 2.75) is 25.4 Å². The van der Waals surface area contributed by atoms with Crippen LogP contribution in [-0.2, 0) is 6.54 Å². The van der Waals surface area contributed by atoms with Crippen LogP contribution >= 0.6 is 27.3 Å². The fourth-order valence-corrected chi connectivity index (χ4v) is 2.56. The van der Waals surface area contributed by atoms with Crippen LogP contribution < -0.4 is 0 Å². The van der Waals surface area contributed by atoms with E-state index < -0.39 is 0 Å². The fourth-order valence-electron chi connectivity index (χ4n) is 1.35. The third-order valence-electron chi connectivity index (χ3n) is 2.28. The van der Waals surface area contributed by atoms with Gasteiger partial charge < -0.3 is 0 Å². The summed E-state index contributed by atoms with van der Waals surface area (Å²) in [6, 6.07) is 3.06. The van der Waals surface area contributed by atoms with Gasteiger partial charge in [0, 0.05) is 12.6 Å². The number of nitrogens with zero attached hydrogens (tertiary/aromatic N) is 1. The first-order valence-corrected chi connectivity index (χ1v) is 5.87. The molecule has 1 aromatic heterocycles. The average molecular weight is 246 g/mol. The molecule has 0 atom stereocenters. The van der Waals surface area contributed by atoms with E-state index >= 15 is 0 Å². The molecule has 2 rings (SSSR count). The van der Waals surface area contributed by atoms with Gasteiger partial charge in [-0.25, -0.2) is 0 Å². The molecule has 12 heavy (non-hydrogen) atoms. The molecule has 0 radical (unpaired) electrons. The Labute approximate surface area is 85.5 Å². The van der Waals surface area contributed by atoms with Crippen molar-refractivity contribution in [3.05, 3.63) is 20.8 Å². The van der Waals surface area contributed by atoms with Crippen LogP contribution in [0.3, 0.4) is 0 Å². The lowest BCUT2D eigenvalue weighted by molar-refractivity contribution is 0.316. The van der Waals surface area contributed by atoms with Gasteiger partial charge in [-0.15, -0.1) is 11.3 Å². The largest absolute Gasteiger partial charge is 0.299 e. The number of halogens is 1. The van der Waals surface area contributed by atoms with E-state index in [0.717, 1.165) is 12.6 Å². The Morgan fingerprint density at radius 1 is 1.67 bits per heavy atom. The van der Waals surface area contributed by atoms with Crippen LogP contribution in [-0.4, -0.2) is 18.0 Å². The first-order chi connectivity index (χ1) is 5.77. The van der Waals surface area contributed by atoms with E-state index in [9.17, 15) is 0 Å². The van der Waals surface area contributed by atoms with Crippen molar-refractivity contribution in [2.24, 2.45) is 0 Å². The topological polar surface area (TPSA) is 3.24 Å². The van der Waals surface area contributed by atoms with Crippen molar-refractivity contribution in [1.29, 1.82) is 0 Å². The summed E-state index contributed by atoms with van der Waals surface area (Å²) in [6.07, 6.45) is 2.77. The van der Waals surface area contributed by atoms with Gasteiger partial charge in [-0.1, -0.05) is 0 Å². The average Bonchev–Trinajstić information content (AvgIpc) is 2.80. The summed E-state index contributed by atoms with van der Waals surface area (Å²) in [5.74, 6) is 0. The predicted molar refractivity (Wildman–Crippen MR) is 56.5 cm³/mol. The molecule has 0 amide bonds. The van der Waals surface area contributed by atoms with Gasteiger partial charge in [0.1, 0.15) is 0 Å². The second kappa shape index (κ2) is 3.48. The molecule has 0 aromatic carbocycles. The van der Waals surface area contributed by atoms with E-state index in [4.69, 9.17) is 0 Å². The Hall–Kier alpha value is 0.140. The summed E-state index contributed by atoms with van der Waals surface area (Å²) in [5, 5.41) is 2.14. The van der Waals surface area contributed by atoms with Crippen LogP contribution in [0, 0.1) is 0 Å². The monoisotopic (exact) mass is 245 g/mol. The summed E-state index contributed by atoms with van der Waals surface area (Å²) in [4.78, 5) is 2.44. The molecule has 1 saturated carbocycles. The van der Waals surface area contributed by atoms with E-state index in [1.807, 2.05) is 0 Å². The van der Waals surface area contributed by atoms with Crippen LogP contribution in [0.25, 0.3) is 0 Å². The van der Waals surface area contributed by atoms with Gasteiger partial charge in [0.2, 0.25) is 0 Å². The van der Waals surface area contributed by atoms with Gasteiger partial charge in [0.25, 0.3) is 0 Å². The minimum absolute atomic E-state index is 0.858. The van der Waals surface area contributed by atoms with Crippen molar-refractivity contribution in [2.75, 3.05) is 7.05 Å². The van der Waals surface area contributed by atoms with Crippen molar-refractivity contribution >= 4 is 27.3 Å². The quantitative estimate of drug-likeness (QED) is 0.792. The molecule has 0 saturated heterocycles. The molecular weight excluding hydrogens is 234 g/mol. The van der Waals surface area contributed by atoms with Gasteiger partial charge in [-0.05, 0) is 52.8 Å². The maximum absolute atomic E-state index is 3.56. The summed E-state index contributed by atoms with van der Waals surface area (Å²) in [6.45, 7) is 1.09. The fraction of sp³-hybridized carbons (Fsp3) is 0.556. The van der Waals surface area contributed by atoms with Gasteiger partial charge in [-0.3, -0.25) is 4.90 Å². The first kappa shape index (κ1) is 8.73. The highest BCUT2D eigenvalue weighted by Crippen LogP contribution is 2.30. The molecule has 0 aliphatic heterocycles. The van der Waals surface area contributed by atoms with E-state index in [1.54, 1.807) is 11.3 Å². The Morgan fingerprint density at radius 2 is 2.42 bits per heavy atom. The molecule has 0 unspecified atom stereocenters. The molecule has 0 bridgehead atoms. The Kier molecular flexibility index (Phi) is 2.53. The predicted octanol–water partition coefficient (Wildman–Crippen LogP) is 3.10. The number of hydrogen-bond acceptors (Lipinski definition) is 2. The SMILES string of the molecule is CN(Cc1ccsc1Br)C1CC1. The lowest BCUT2D eigenvalue weighted by atomic mass is 10.3. The van der Waals surface area contributed by atoms with Crippen LogP contribution in [0.15, 0.2) is 15.2 Å². The summed E-state index contributed by atoms with van der Waals surface area (Å²) in [7, 11) is 2.21. The van der Waals surface area contributed by atoms with Crippen LogP contribution in [0.5, 0.6) is 0 Å². The molecule has 1 aliphatic carbocycles. The van der Waals surface area contributed by atoms with Crippen LogP contribution in [0.4, 0.5) is 0 Å². The minimum atomic E-state index is 0.858. The number of rotatable bonds is 3. The lowest BCUT2D eigenvalue weighted by Crippen LogP contribution is -2.19. The van der Waals surface area contributed by atoms with E-state index in [0.29, 0.717) is 0 Å². The van der Waals surface area contributed by atoms with E-state index in [1.165, 1.54) is 22.2 Å². The molecule has 1 aromatic rings. The summed E-state index contributed by atoms with van der Waals surface area (Å²) in [5.41, 5.74) is 1.43. The van der Waals surface area contributed by atoms with Gasteiger partial charge in [-0.2, -0.15) is 0 Å². The van der Waals surface area contributed by atoms with Crippen molar-refractivity contribution in [3.63, 3.8) is 0 Å². The third kappa shape index (κ3) is 1.90. The van der Waals surface area contributed by atoms with Crippen LogP contribution in [0.2, 0.25) is 0 Å². The highest BCUT2D eigenvalue weighted by Gasteiger charge is 2.26. The smallest absolute Gasteiger partial charge is 0.0743 e. The highest BCUT2D eigenvalue weighted by atomic mass is 79.9. The standard InChI is InChI=1S/C9H12BrNS/c1-11(8-2-3-8)6-7-4-5-12-9(7)10/h4-5,8H,2-3,6H2,1H3. The first-order valence-electron chi connectivity index (χ1n) is 4.19. The Balaban J connectivity index is 1.97. The minimum Gasteiger partial charge on any atom is -0.299 e. The van der Waals surface area contributed by atoms with Gasteiger partial charge in [0.05, 0.1) is 3.79 Å². The molecule has 1 aliphatic rings. The summed E-state index contributed by atoms with van der Waals surface area (Å²) < 4.78 is 1.29. The van der Waals surface area contributed by atoms with Crippen molar-refractivity contribution in [3.8, 4) is 0 Å². The maximum atomic E-state index is 3.56. The second-order valence-electron chi connectivity index (χ2n) is 3.37. The van der Waals surface area contributed by atoms with Gasteiger partial charge >= 0.3 is 0 Å². The number of thiophene rings is 1. The molecule has 1 fully saturated rings. The Bertz CT molecular complexity index is 267. The summed E-state index contributed by atoms with van der Waals surface area (Å²) >= 11 is 5.32. The molecule has 0 spiro atoms. The lowest BCUT2D eigenvalue weighted by Gasteiger charge is -2.14. The normalized spacial score (nSPS) is 17.2. The molecule has 66 valence electrons. The Morgan fingerprint density at radius 3 is 2.92 bits per heavy atom. The zero-order chi connectivity index (χ0) is 8.55. The third-order valence-corrected chi connectivity index (χ3v) is 4.09. The zero-order valence-corrected chi connectivity index (χ0v) is 9.49. The van der Waals surface area contributed by atoms with Gasteiger partial charge in [0.15, 0.2) is 0 Å². The zero-order valence-electron chi connectivity index (χ0n) is 7.09. The van der Waals surface area contributed by atoms with E-state index in [2.05, 4.69) is 39.3 Å². The maximum Gasteiger partial charge on any atom is 0.0743 e. The molecule has 1 heterocycles.